The fraction of sp³-hybridized carbons (Fsp3) is 0.217. The van der Waals surface area contributed by atoms with Gasteiger partial charge in [-0.25, -0.2) is 5.01 Å². The number of ether oxygens (including phenoxy) is 2. The number of nitrogens with zero attached hydrogens (tertiary/aromatic N) is 2. The zero-order valence-electron chi connectivity index (χ0n) is 16.7. The number of methoxy groups -OCH3 is 2. The molecule has 1 aliphatic rings. The summed E-state index contributed by atoms with van der Waals surface area (Å²) in [6, 6.07) is 18.1. The van der Waals surface area contributed by atoms with Gasteiger partial charge in [-0.05, 0) is 23.1 Å². The first kappa shape index (κ1) is 20.1. The smallest absolute Gasteiger partial charge is 0.276 e. The average Bonchev–Trinajstić information content (AvgIpc) is 3.45. The van der Waals surface area contributed by atoms with E-state index in [1.807, 2.05) is 47.8 Å². The second kappa shape index (κ2) is 8.69. The van der Waals surface area contributed by atoms with Gasteiger partial charge in [0.15, 0.2) is 17.6 Å². The third-order valence-electron chi connectivity index (χ3n) is 5.11. The van der Waals surface area contributed by atoms with Crippen LogP contribution in [0.25, 0.3) is 0 Å². The first-order chi connectivity index (χ1) is 14.6. The minimum Gasteiger partial charge on any atom is -0.504 e. The maximum absolute atomic E-state index is 13.5. The van der Waals surface area contributed by atoms with Crippen molar-refractivity contribution in [2.45, 2.75) is 18.6 Å². The highest BCUT2D eigenvalue weighted by molar-refractivity contribution is 7.12. The lowest BCUT2D eigenvalue weighted by atomic mass is 9.99. The highest BCUT2D eigenvalue weighted by atomic mass is 32.1. The number of thiophene rings is 1. The molecule has 30 heavy (non-hydrogen) atoms. The number of hydrogen-bond donors (Lipinski definition) is 1. The van der Waals surface area contributed by atoms with Crippen molar-refractivity contribution in [1.82, 2.24) is 5.01 Å². The Hall–Kier alpha value is -3.16. The van der Waals surface area contributed by atoms with Gasteiger partial charge in [0.2, 0.25) is 0 Å². The molecular formula is C23H22N2O4S. The molecule has 6 nitrogen and oxygen atoms in total. The van der Waals surface area contributed by atoms with Crippen molar-refractivity contribution in [3.63, 3.8) is 0 Å². The SMILES string of the molecule is COc1cccc(C2CC(c3cccs3)=NN2C(=O)C(OC)c2ccccc2)c1O. The molecule has 0 bridgehead atoms. The van der Waals surface area contributed by atoms with E-state index in [1.54, 1.807) is 29.5 Å². The molecule has 1 N–H and O–H groups in total. The van der Waals surface area contributed by atoms with Crippen molar-refractivity contribution in [3.8, 4) is 11.5 Å². The van der Waals surface area contributed by atoms with E-state index in [9.17, 15) is 9.90 Å². The van der Waals surface area contributed by atoms with E-state index < -0.39 is 12.1 Å². The molecule has 154 valence electrons. The minimum absolute atomic E-state index is 0.0131. The molecule has 2 unspecified atom stereocenters. The van der Waals surface area contributed by atoms with Crippen molar-refractivity contribution in [3.05, 3.63) is 82.0 Å². The maximum Gasteiger partial charge on any atom is 0.276 e. The lowest BCUT2D eigenvalue weighted by molar-refractivity contribution is -0.144. The third kappa shape index (κ3) is 3.69. The number of phenols is 1. The first-order valence-corrected chi connectivity index (χ1v) is 10.4. The second-order valence-electron chi connectivity index (χ2n) is 6.85. The summed E-state index contributed by atoms with van der Waals surface area (Å²) in [6.07, 6.45) is -0.314. The number of amides is 1. The van der Waals surface area contributed by atoms with Crippen LogP contribution in [0.1, 0.15) is 34.6 Å². The average molecular weight is 423 g/mol. The molecule has 4 rings (SSSR count). The van der Waals surface area contributed by atoms with Gasteiger partial charge in [-0.2, -0.15) is 5.10 Å². The van der Waals surface area contributed by atoms with Crippen LogP contribution in [0.15, 0.2) is 71.1 Å². The van der Waals surface area contributed by atoms with Gasteiger partial charge in [0.1, 0.15) is 0 Å². The van der Waals surface area contributed by atoms with Crippen LogP contribution in [0.3, 0.4) is 0 Å². The molecular weight excluding hydrogens is 400 g/mol. The highest BCUT2D eigenvalue weighted by Crippen LogP contribution is 2.42. The quantitative estimate of drug-likeness (QED) is 0.634. The second-order valence-corrected chi connectivity index (χ2v) is 7.80. The lowest BCUT2D eigenvalue weighted by Gasteiger charge is -2.26. The summed E-state index contributed by atoms with van der Waals surface area (Å²) in [4.78, 5) is 14.5. The molecule has 2 aromatic carbocycles. The van der Waals surface area contributed by atoms with Gasteiger partial charge < -0.3 is 14.6 Å². The Bertz CT molecular complexity index is 1050. The largest absolute Gasteiger partial charge is 0.504 e. The molecule has 1 aliphatic heterocycles. The van der Waals surface area contributed by atoms with Crippen molar-refractivity contribution >= 4 is 23.0 Å². The monoisotopic (exact) mass is 422 g/mol. The molecule has 7 heteroatoms. The minimum atomic E-state index is -0.798. The molecule has 0 radical (unpaired) electrons. The van der Waals surface area contributed by atoms with Crippen LogP contribution in [0, 0.1) is 0 Å². The van der Waals surface area contributed by atoms with E-state index >= 15 is 0 Å². The first-order valence-electron chi connectivity index (χ1n) is 9.52. The highest BCUT2D eigenvalue weighted by Gasteiger charge is 2.38. The van der Waals surface area contributed by atoms with E-state index in [-0.39, 0.29) is 11.7 Å². The topological polar surface area (TPSA) is 71.4 Å². The molecule has 2 heterocycles. The molecule has 0 spiro atoms. The van der Waals surface area contributed by atoms with E-state index in [2.05, 4.69) is 5.10 Å². The number of para-hydroxylation sites is 1. The summed E-state index contributed by atoms with van der Waals surface area (Å²) in [5.41, 5.74) is 2.13. The molecule has 0 saturated carbocycles. The molecule has 2 atom stereocenters. The van der Waals surface area contributed by atoms with Gasteiger partial charge in [0.25, 0.3) is 5.91 Å². The van der Waals surface area contributed by atoms with Crippen LogP contribution in [0.5, 0.6) is 11.5 Å². The Kier molecular flexibility index (Phi) is 5.83. The van der Waals surface area contributed by atoms with Gasteiger partial charge in [-0.15, -0.1) is 11.3 Å². The molecule has 3 aromatic rings. The fourth-order valence-corrected chi connectivity index (χ4v) is 4.37. The molecule has 0 saturated heterocycles. The lowest BCUT2D eigenvalue weighted by Crippen LogP contribution is -2.32. The number of carbonyl (C=O) groups is 1. The number of aromatic hydroxyl groups is 1. The number of benzene rings is 2. The van der Waals surface area contributed by atoms with Crippen LogP contribution >= 0.6 is 11.3 Å². The standard InChI is InChI=1S/C23H22N2O4S/c1-28-19-11-6-10-16(21(19)26)18-14-17(20-12-7-13-30-20)24-25(18)23(27)22(29-2)15-8-4-3-5-9-15/h3-13,18,22,26H,14H2,1-2H3. The van der Waals surface area contributed by atoms with Crippen LogP contribution in [0.2, 0.25) is 0 Å². The Morgan fingerprint density at radius 2 is 1.93 bits per heavy atom. The van der Waals surface area contributed by atoms with Crippen LogP contribution in [-0.4, -0.2) is 36.0 Å². The van der Waals surface area contributed by atoms with Gasteiger partial charge in [0.05, 0.1) is 23.7 Å². The van der Waals surface area contributed by atoms with Gasteiger partial charge in [-0.1, -0.05) is 48.5 Å². The number of hydrazone groups is 1. The number of carbonyl (C=O) groups excluding carboxylic acids is 1. The Balaban J connectivity index is 1.75. The van der Waals surface area contributed by atoms with Gasteiger partial charge >= 0.3 is 0 Å². The Morgan fingerprint density at radius 3 is 2.60 bits per heavy atom. The summed E-state index contributed by atoms with van der Waals surface area (Å²) < 4.78 is 10.8. The van der Waals surface area contributed by atoms with Crippen molar-refractivity contribution in [1.29, 1.82) is 0 Å². The van der Waals surface area contributed by atoms with E-state index in [4.69, 9.17) is 9.47 Å². The van der Waals surface area contributed by atoms with Crippen LogP contribution < -0.4 is 4.74 Å². The molecule has 0 aliphatic carbocycles. The zero-order chi connectivity index (χ0) is 21.1. The number of hydrogen-bond acceptors (Lipinski definition) is 6. The normalized spacial score (nSPS) is 16.9. The van der Waals surface area contributed by atoms with Gasteiger partial charge in [-0.3, -0.25) is 4.79 Å². The van der Waals surface area contributed by atoms with Crippen LogP contribution in [-0.2, 0) is 9.53 Å². The summed E-state index contributed by atoms with van der Waals surface area (Å²) in [5.74, 6) is 0.0809. The van der Waals surface area contributed by atoms with E-state index in [1.165, 1.54) is 19.2 Å². The maximum atomic E-state index is 13.5. The Labute approximate surface area is 179 Å². The van der Waals surface area contributed by atoms with Crippen molar-refractivity contribution < 1.29 is 19.4 Å². The summed E-state index contributed by atoms with van der Waals surface area (Å²) in [7, 11) is 3.01. The predicted octanol–water partition coefficient (Wildman–Crippen LogP) is 4.53. The van der Waals surface area contributed by atoms with E-state index in [0.717, 1.165) is 16.2 Å². The molecule has 0 fully saturated rings. The molecule has 1 amide bonds. The summed E-state index contributed by atoms with van der Waals surface area (Å²) in [5, 5.41) is 18.8. The zero-order valence-corrected chi connectivity index (χ0v) is 17.5. The number of rotatable bonds is 6. The predicted molar refractivity (Wildman–Crippen MR) is 116 cm³/mol. The summed E-state index contributed by atoms with van der Waals surface area (Å²) in [6.45, 7) is 0. The van der Waals surface area contributed by atoms with Gasteiger partial charge in [0, 0.05) is 19.1 Å². The van der Waals surface area contributed by atoms with Crippen LogP contribution in [0.4, 0.5) is 0 Å². The summed E-state index contributed by atoms with van der Waals surface area (Å²) >= 11 is 1.57. The van der Waals surface area contributed by atoms with Crippen molar-refractivity contribution in [2.24, 2.45) is 5.10 Å². The molecule has 1 aromatic heterocycles. The number of phenolic OH excluding ortho intramolecular Hbond substituents is 1. The van der Waals surface area contributed by atoms with Crippen molar-refractivity contribution in [2.75, 3.05) is 14.2 Å². The fourth-order valence-electron chi connectivity index (χ4n) is 3.65. The third-order valence-corrected chi connectivity index (χ3v) is 6.03. The van der Waals surface area contributed by atoms with E-state index in [0.29, 0.717) is 17.7 Å². The Morgan fingerprint density at radius 1 is 1.13 bits per heavy atom.